The van der Waals surface area contributed by atoms with Crippen LogP contribution in [-0.2, 0) is 11.3 Å². The molecule has 1 aliphatic rings. The molecule has 5 nitrogen and oxygen atoms in total. The molecule has 0 N–H and O–H groups in total. The van der Waals surface area contributed by atoms with Crippen LogP contribution in [0.1, 0.15) is 44.6 Å². The number of carbonyl (C=O) groups is 1. The van der Waals surface area contributed by atoms with Crippen molar-refractivity contribution in [2.24, 2.45) is 0 Å². The smallest absolute Gasteiger partial charge is 0.233 e. The molecule has 1 saturated carbocycles. The van der Waals surface area contributed by atoms with Crippen LogP contribution in [0.25, 0.3) is 11.4 Å². The largest absolute Gasteiger partial charge is 0.342 e. The normalized spacial score (nSPS) is 15.2. The molecule has 1 fully saturated rings. The Hall–Kier alpha value is -1.82. The highest BCUT2D eigenvalue weighted by Gasteiger charge is 2.23. The van der Waals surface area contributed by atoms with Crippen LogP contribution in [0.15, 0.2) is 29.4 Å². The van der Waals surface area contributed by atoms with Crippen LogP contribution in [0.4, 0.5) is 0 Å². The summed E-state index contributed by atoms with van der Waals surface area (Å²) in [7, 11) is 1.95. The predicted octanol–water partition coefficient (Wildman–Crippen LogP) is 4.16. The highest BCUT2D eigenvalue weighted by molar-refractivity contribution is 7.99. The van der Waals surface area contributed by atoms with E-state index in [-0.39, 0.29) is 5.91 Å². The molecule has 0 aliphatic heterocycles. The van der Waals surface area contributed by atoms with Gasteiger partial charge in [-0.05, 0) is 32.8 Å². The van der Waals surface area contributed by atoms with Crippen molar-refractivity contribution in [2.45, 2.75) is 63.7 Å². The summed E-state index contributed by atoms with van der Waals surface area (Å²) in [5.41, 5.74) is 2.27. The van der Waals surface area contributed by atoms with E-state index in [2.05, 4.69) is 46.8 Å². The monoisotopic (exact) mass is 372 g/mol. The van der Waals surface area contributed by atoms with Crippen LogP contribution in [0.2, 0.25) is 0 Å². The summed E-state index contributed by atoms with van der Waals surface area (Å²) in [6.07, 6.45) is 6.04. The number of benzene rings is 1. The molecule has 1 aliphatic carbocycles. The minimum absolute atomic E-state index is 0.185. The number of hydrogen-bond donors (Lipinski definition) is 0. The van der Waals surface area contributed by atoms with Crippen LogP contribution < -0.4 is 0 Å². The molecule has 0 atom stereocenters. The van der Waals surface area contributed by atoms with Crippen molar-refractivity contribution in [3.05, 3.63) is 29.8 Å². The van der Waals surface area contributed by atoms with E-state index in [9.17, 15) is 4.79 Å². The van der Waals surface area contributed by atoms with Gasteiger partial charge in [-0.15, -0.1) is 10.2 Å². The first-order valence-corrected chi connectivity index (χ1v) is 10.5. The lowest BCUT2D eigenvalue weighted by Gasteiger charge is -2.31. The molecule has 0 unspecified atom stereocenters. The first-order valence-electron chi connectivity index (χ1n) is 9.49. The maximum Gasteiger partial charge on any atom is 0.233 e. The number of rotatable bonds is 6. The van der Waals surface area contributed by atoms with Crippen molar-refractivity contribution in [3.8, 4) is 11.4 Å². The molecular weight excluding hydrogens is 344 g/mol. The van der Waals surface area contributed by atoms with Crippen molar-refractivity contribution >= 4 is 17.7 Å². The molecule has 0 bridgehead atoms. The highest BCUT2D eigenvalue weighted by Crippen LogP contribution is 2.26. The Morgan fingerprint density at radius 3 is 2.73 bits per heavy atom. The molecule has 0 spiro atoms. The number of nitrogens with zero attached hydrogens (tertiary/aromatic N) is 4. The summed E-state index contributed by atoms with van der Waals surface area (Å²) in [5.74, 6) is 1.47. The second kappa shape index (κ2) is 8.71. The number of aromatic nitrogens is 3. The average Bonchev–Trinajstić information content (AvgIpc) is 3.09. The Kier molecular flexibility index (Phi) is 6.35. The quantitative estimate of drug-likeness (QED) is 0.715. The zero-order valence-corrected chi connectivity index (χ0v) is 16.8. The average molecular weight is 373 g/mol. The fraction of sp³-hybridized carbons (Fsp3) is 0.550. The molecular formula is C20H28N4OS. The SMILES string of the molecule is CCn1c(SCC(=O)N(C)C2CCCCC2)nnc1-c1cccc(C)c1. The lowest BCUT2D eigenvalue weighted by Crippen LogP contribution is -2.39. The summed E-state index contributed by atoms with van der Waals surface area (Å²) in [6, 6.07) is 8.69. The van der Waals surface area contributed by atoms with E-state index in [1.165, 1.54) is 36.6 Å². The first-order chi connectivity index (χ1) is 12.6. The Labute approximate surface area is 160 Å². The van der Waals surface area contributed by atoms with Gasteiger partial charge in [-0.25, -0.2) is 0 Å². The Morgan fingerprint density at radius 1 is 1.27 bits per heavy atom. The highest BCUT2D eigenvalue weighted by atomic mass is 32.2. The maximum absolute atomic E-state index is 12.6. The topological polar surface area (TPSA) is 51.0 Å². The number of thioether (sulfide) groups is 1. The van der Waals surface area contributed by atoms with Gasteiger partial charge in [-0.1, -0.05) is 54.8 Å². The fourth-order valence-electron chi connectivity index (χ4n) is 3.58. The van der Waals surface area contributed by atoms with E-state index in [0.29, 0.717) is 11.8 Å². The number of aryl methyl sites for hydroxylation is 1. The van der Waals surface area contributed by atoms with E-state index in [1.807, 2.05) is 18.0 Å². The molecule has 1 aromatic heterocycles. The second-order valence-corrected chi connectivity index (χ2v) is 7.95. The number of carbonyl (C=O) groups excluding carboxylic acids is 1. The van der Waals surface area contributed by atoms with Gasteiger partial charge in [0.15, 0.2) is 11.0 Å². The van der Waals surface area contributed by atoms with E-state index >= 15 is 0 Å². The van der Waals surface area contributed by atoms with Crippen molar-refractivity contribution in [2.75, 3.05) is 12.8 Å². The molecule has 0 saturated heterocycles. The zero-order chi connectivity index (χ0) is 18.5. The van der Waals surface area contributed by atoms with Crippen molar-refractivity contribution in [3.63, 3.8) is 0 Å². The lowest BCUT2D eigenvalue weighted by molar-refractivity contribution is -0.129. The third-order valence-corrected chi connectivity index (χ3v) is 6.10. The molecule has 2 aromatic rings. The Bertz CT molecular complexity index is 752. The molecule has 0 radical (unpaired) electrons. The molecule has 6 heteroatoms. The number of hydrogen-bond acceptors (Lipinski definition) is 4. The molecule has 1 heterocycles. The third kappa shape index (κ3) is 4.29. The molecule has 26 heavy (non-hydrogen) atoms. The molecule has 1 aromatic carbocycles. The van der Waals surface area contributed by atoms with E-state index in [0.717, 1.165) is 35.9 Å². The van der Waals surface area contributed by atoms with Gasteiger partial charge in [0.05, 0.1) is 5.75 Å². The van der Waals surface area contributed by atoms with Gasteiger partial charge in [0.25, 0.3) is 0 Å². The summed E-state index contributed by atoms with van der Waals surface area (Å²) in [5, 5.41) is 9.53. The van der Waals surface area contributed by atoms with E-state index < -0.39 is 0 Å². The summed E-state index contributed by atoms with van der Waals surface area (Å²) < 4.78 is 2.09. The number of amides is 1. The summed E-state index contributed by atoms with van der Waals surface area (Å²) in [6.45, 7) is 4.94. The lowest BCUT2D eigenvalue weighted by atomic mass is 9.94. The molecule has 1 amide bonds. The van der Waals surface area contributed by atoms with E-state index in [4.69, 9.17) is 0 Å². The van der Waals surface area contributed by atoms with Crippen molar-refractivity contribution in [1.29, 1.82) is 0 Å². The zero-order valence-electron chi connectivity index (χ0n) is 15.9. The van der Waals surface area contributed by atoms with Crippen LogP contribution in [-0.4, -0.2) is 44.4 Å². The van der Waals surface area contributed by atoms with Crippen LogP contribution in [0.5, 0.6) is 0 Å². The van der Waals surface area contributed by atoms with Crippen LogP contribution >= 0.6 is 11.8 Å². The summed E-state index contributed by atoms with van der Waals surface area (Å²) >= 11 is 1.49. The Balaban J connectivity index is 1.67. The van der Waals surface area contributed by atoms with Gasteiger partial charge < -0.3 is 9.47 Å². The van der Waals surface area contributed by atoms with Crippen molar-refractivity contribution < 1.29 is 4.79 Å². The summed E-state index contributed by atoms with van der Waals surface area (Å²) in [4.78, 5) is 14.5. The molecule has 140 valence electrons. The first kappa shape index (κ1) is 19.0. The Morgan fingerprint density at radius 2 is 2.04 bits per heavy atom. The third-order valence-electron chi connectivity index (χ3n) is 5.15. The standard InChI is InChI=1S/C20H28N4OS/c1-4-24-19(16-10-8-9-15(2)13-16)21-22-20(24)26-14-18(25)23(3)17-11-6-5-7-12-17/h8-10,13,17H,4-7,11-12,14H2,1-3H3. The minimum Gasteiger partial charge on any atom is -0.342 e. The van der Waals surface area contributed by atoms with Gasteiger partial charge in [-0.3, -0.25) is 4.79 Å². The van der Waals surface area contributed by atoms with Gasteiger partial charge in [-0.2, -0.15) is 0 Å². The van der Waals surface area contributed by atoms with Crippen LogP contribution in [0, 0.1) is 6.92 Å². The van der Waals surface area contributed by atoms with Crippen LogP contribution in [0.3, 0.4) is 0 Å². The fourth-order valence-corrected chi connectivity index (χ4v) is 4.50. The maximum atomic E-state index is 12.6. The van der Waals surface area contributed by atoms with Crippen molar-refractivity contribution in [1.82, 2.24) is 19.7 Å². The second-order valence-electron chi connectivity index (χ2n) is 7.01. The van der Waals surface area contributed by atoms with Gasteiger partial charge in [0.2, 0.25) is 5.91 Å². The van der Waals surface area contributed by atoms with Gasteiger partial charge >= 0.3 is 0 Å². The van der Waals surface area contributed by atoms with Gasteiger partial charge in [0, 0.05) is 25.2 Å². The predicted molar refractivity (Wildman–Crippen MR) is 106 cm³/mol. The van der Waals surface area contributed by atoms with Gasteiger partial charge in [0.1, 0.15) is 0 Å². The van der Waals surface area contributed by atoms with E-state index in [1.54, 1.807) is 0 Å². The molecule has 3 rings (SSSR count). The minimum atomic E-state index is 0.185.